The summed E-state index contributed by atoms with van der Waals surface area (Å²) in [7, 11) is 1.61. The third kappa shape index (κ3) is 3.70. The molecule has 0 aliphatic carbocycles. The van der Waals surface area contributed by atoms with E-state index in [1.165, 1.54) is 23.8 Å². The Hall–Kier alpha value is -3.13. The molecule has 2 fully saturated rings. The average molecular weight is 408 g/mol. The van der Waals surface area contributed by atoms with E-state index >= 15 is 0 Å². The Morgan fingerprint density at radius 1 is 1.17 bits per heavy atom. The molecule has 2 N–H and O–H groups in total. The van der Waals surface area contributed by atoms with Crippen LogP contribution in [0.15, 0.2) is 45.7 Å². The molecule has 30 heavy (non-hydrogen) atoms. The summed E-state index contributed by atoms with van der Waals surface area (Å²) in [6, 6.07) is 9.72. The number of rotatable bonds is 4. The van der Waals surface area contributed by atoms with Gasteiger partial charge < -0.3 is 19.6 Å². The summed E-state index contributed by atoms with van der Waals surface area (Å²) < 4.78 is 12.6. The monoisotopic (exact) mass is 408 g/mol. The topological polar surface area (TPSA) is 102 Å². The SMILES string of the molecule is Cn1cc(-c2ccc(-c3ccc(OC4C[C@H]5CCC[C@@H](C4)N5)nn3)c(O)c2)oc1=O. The summed E-state index contributed by atoms with van der Waals surface area (Å²) in [6.07, 6.45) is 7.45. The number of nitrogens with zero attached hydrogens (tertiary/aromatic N) is 3. The highest BCUT2D eigenvalue weighted by atomic mass is 16.5. The van der Waals surface area contributed by atoms with E-state index in [0.29, 0.717) is 40.5 Å². The second-order valence-electron chi connectivity index (χ2n) is 8.16. The van der Waals surface area contributed by atoms with Crippen LogP contribution in [-0.4, -0.2) is 38.1 Å². The maximum atomic E-state index is 11.5. The molecule has 3 atom stereocenters. The van der Waals surface area contributed by atoms with Gasteiger partial charge in [-0.25, -0.2) is 4.79 Å². The van der Waals surface area contributed by atoms with Crippen molar-refractivity contribution in [3.63, 3.8) is 0 Å². The fraction of sp³-hybridized carbons (Fsp3) is 0.409. The lowest BCUT2D eigenvalue weighted by molar-refractivity contribution is 0.0881. The van der Waals surface area contributed by atoms with Gasteiger partial charge in [0, 0.05) is 36.3 Å². The van der Waals surface area contributed by atoms with Crippen LogP contribution in [0.4, 0.5) is 0 Å². The molecule has 0 amide bonds. The average Bonchev–Trinajstić information content (AvgIpc) is 3.07. The molecule has 2 saturated heterocycles. The van der Waals surface area contributed by atoms with E-state index in [-0.39, 0.29) is 11.9 Å². The first-order valence-electron chi connectivity index (χ1n) is 10.3. The molecule has 4 heterocycles. The lowest BCUT2D eigenvalue weighted by atomic mass is 9.85. The van der Waals surface area contributed by atoms with Crippen molar-refractivity contribution in [2.45, 2.75) is 50.3 Å². The summed E-state index contributed by atoms with van der Waals surface area (Å²) in [5.74, 6) is 0.484. The number of oxazole rings is 1. The number of hydrogen-bond acceptors (Lipinski definition) is 7. The Morgan fingerprint density at radius 3 is 2.60 bits per heavy atom. The van der Waals surface area contributed by atoms with Gasteiger partial charge in [-0.3, -0.25) is 4.57 Å². The number of benzene rings is 1. The third-order valence-corrected chi connectivity index (χ3v) is 5.95. The molecule has 2 aliphatic rings. The zero-order valence-electron chi connectivity index (χ0n) is 16.7. The molecule has 1 aromatic carbocycles. The number of hydrogen-bond donors (Lipinski definition) is 2. The fourth-order valence-corrected chi connectivity index (χ4v) is 4.46. The number of phenols is 1. The summed E-state index contributed by atoms with van der Waals surface area (Å²) >= 11 is 0. The molecule has 2 aromatic heterocycles. The van der Waals surface area contributed by atoms with E-state index in [4.69, 9.17) is 9.15 Å². The van der Waals surface area contributed by atoms with Crippen LogP contribution in [0.25, 0.3) is 22.6 Å². The molecule has 2 aliphatic heterocycles. The van der Waals surface area contributed by atoms with Crippen molar-refractivity contribution in [2.75, 3.05) is 0 Å². The fourth-order valence-electron chi connectivity index (χ4n) is 4.46. The van der Waals surface area contributed by atoms with Gasteiger partial charge in [0.05, 0.1) is 11.9 Å². The number of aryl methyl sites for hydroxylation is 1. The Kier molecular flexibility index (Phi) is 4.78. The molecular formula is C22H24N4O4. The lowest BCUT2D eigenvalue weighted by Crippen LogP contribution is -2.51. The number of ether oxygens (including phenoxy) is 1. The molecule has 0 saturated carbocycles. The molecule has 5 rings (SSSR count). The molecule has 0 radical (unpaired) electrons. The maximum absolute atomic E-state index is 11.5. The predicted octanol–water partition coefficient (Wildman–Crippen LogP) is 2.86. The number of fused-ring (bicyclic) bond motifs is 2. The molecule has 3 aromatic rings. The summed E-state index contributed by atoms with van der Waals surface area (Å²) in [5.41, 5.74) is 1.70. The van der Waals surface area contributed by atoms with Crippen LogP contribution in [0, 0.1) is 0 Å². The summed E-state index contributed by atoms with van der Waals surface area (Å²) in [4.78, 5) is 11.5. The Labute approximate surface area is 173 Å². The van der Waals surface area contributed by atoms with Gasteiger partial charge in [0.25, 0.3) is 0 Å². The van der Waals surface area contributed by atoms with Crippen LogP contribution >= 0.6 is 0 Å². The minimum atomic E-state index is -0.451. The van der Waals surface area contributed by atoms with Crippen molar-refractivity contribution < 1.29 is 14.3 Å². The number of piperidine rings is 2. The van der Waals surface area contributed by atoms with Crippen LogP contribution < -0.4 is 15.8 Å². The number of aromatic hydroxyl groups is 1. The van der Waals surface area contributed by atoms with Crippen LogP contribution in [0.5, 0.6) is 11.6 Å². The number of nitrogens with one attached hydrogen (secondary N) is 1. The number of phenolic OH excluding ortho intramolecular Hbond substituents is 1. The van der Waals surface area contributed by atoms with E-state index in [1.807, 2.05) is 0 Å². The normalized spacial score (nSPS) is 23.3. The summed E-state index contributed by atoms with van der Waals surface area (Å²) in [5, 5.41) is 22.6. The highest BCUT2D eigenvalue weighted by Crippen LogP contribution is 2.33. The quantitative estimate of drug-likeness (QED) is 0.684. The van der Waals surface area contributed by atoms with E-state index in [1.54, 1.807) is 43.6 Å². The molecule has 1 unspecified atom stereocenters. The van der Waals surface area contributed by atoms with Crippen LogP contribution in [0.1, 0.15) is 32.1 Å². The predicted molar refractivity (Wildman–Crippen MR) is 110 cm³/mol. The molecule has 0 spiro atoms. The third-order valence-electron chi connectivity index (χ3n) is 5.95. The van der Waals surface area contributed by atoms with Crippen LogP contribution in [-0.2, 0) is 7.05 Å². The van der Waals surface area contributed by atoms with Gasteiger partial charge in [-0.05, 0) is 43.9 Å². The number of aromatic nitrogens is 3. The van der Waals surface area contributed by atoms with Crippen molar-refractivity contribution in [1.82, 2.24) is 20.1 Å². The van der Waals surface area contributed by atoms with E-state index in [9.17, 15) is 9.90 Å². The first kappa shape index (κ1) is 18.9. The van der Waals surface area contributed by atoms with Gasteiger partial charge in [-0.2, -0.15) is 0 Å². The van der Waals surface area contributed by atoms with E-state index in [0.717, 1.165) is 12.8 Å². The second kappa shape index (κ2) is 7.60. The van der Waals surface area contributed by atoms with Crippen molar-refractivity contribution in [1.29, 1.82) is 0 Å². The van der Waals surface area contributed by atoms with E-state index < -0.39 is 5.76 Å². The van der Waals surface area contributed by atoms with Gasteiger partial charge in [0.2, 0.25) is 5.88 Å². The van der Waals surface area contributed by atoms with Gasteiger partial charge in [0.1, 0.15) is 11.9 Å². The zero-order valence-corrected chi connectivity index (χ0v) is 16.7. The molecule has 8 nitrogen and oxygen atoms in total. The standard InChI is InChI=1S/C22H24N4O4/c1-26-12-20(30-22(26)28)13-5-6-17(19(27)9-13)18-7-8-21(25-24-18)29-16-10-14-3-2-4-15(11-16)23-14/h5-9,12,14-16,23,27H,2-4,10-11H2,1H3/t14-,15+,16?. The Morgan fingerprint density at radius 2 is 1.97 bits per heavy atom. The smallest absolute Gasteiger partial charge is 0.419 e. The van der Waals surface area contributed by atoms with Crippen molar-refractivity contribution in [2.24, 2.45) is 7.05 Å². The van der Waals surface area contributed by atoms with Gasteiger partial charge in [0.15, 0.2) is 5.76 Å². The molecule has 156 valence electrons. The second-order valence-corrected chi connectivity index (χ2v) is 8.16. The largest absolute Gasteiger partial charge is 0.507 e. The highest BCUT2D eigenvalue weighted by Gasteiger charge is 2.32. The van der Waals surface area contributed by atoms with Crippen LogP contribution in [0.2, 0.25) is 0 Å². The first-order valence-corrected chi connectivity index (χ1v) is 10.3. The maximum Gasteiger partial charge on any atom is 0.419 e. The van der Waals surface area contributed by atoms with E-state index in [2.05, 4.69) is 15.5 Å². The van der Waals surface area contributed by atoms with Gasteiger partial charge in [-0.15, -0.1) is 10.2 Å². The van der Waals surface area contributed by atoms with Crippen molar-refractivity contribution in [3.8, 4) is 34.2 Å². The van der Waals surface area contributed by atoms with Gasteiger partial charge in [-0.1, -0.05) is 12.5 Å². The highest BCUT2D eigenvalue weighted by molar-refractivity contribution is 5.72. The minimum Gasteiger partial charge on any atom is -0.507 e. The van der Waals surface area contributed by atoms with Gasteiger partial charge >= 0.3 is 5.76 Å². The molecule has 2 bridgehead atoms. The van der Waals surface area contributed by atoms with Crippen molar-refractivity contribution >= 4 is 0 Å². The van der Waals surface area contributed by atoms with Crippen molar-refractivity contribution in [3.05, 3.63) is 47.1 Å². The Balaban J connectivity index is 1.31. The molecule has 8 heteroatoms. The molecular weight excluding hydrogens is 384 g/mol. The van der Waals surface area contributed by atoms with Crippen LogP contribution in [0.3, 0.4) is 0 Å². The Bertz CT molecular complexity index is 1090. The first-order chi connectivity index (χ1) is 14.5. The summed E-state index contributed by atoms with van der Waals surface area (Å²) in [6.45, 7) is 0. The minimum absolute atomic E-state index is 0.0353. The lowest BCUT2D eigenvalue weighted by Gasteiger charge is -2.39. The zero-order chi connectivity index (χ0) is 20.7.